The highest BCUT2D eigenvalue weighted by atomic mass is 35.5. The second-order valence-electron chi connectivity index (χ2n) is 2.60. The lowest BCUT2D eigenvalue weighted by Crippen LogP contribution is -1.98. The number of anilines is 1. The Balaban J connectivity index is 3.34. The number of aliphatic hydroxyl groups excluding tert-OH is 1. The van der Waals surface area contributed by atoms with E-state index in [1.807, 2.05) is 0 Å². The van der Waals surface area contributed by atoms with E-state index in [0.29, 0.717) is 0 Å². The fraction of sp³-hybridized carbons (Fsp3) is 0.111. The van der Waals surface area contributed by atoms with Crippen LogP contribution in [-0.4, -0.2) is 16.6 Å². The Morgan fingerprint density at radius 2 is 2.27 bits per heavy atom. The number of nitrogens with two attached hydrogens (primary N) is 1. The first-order chi connectivity index (χ1) is 7.06. The van der Waals surface area contributed by atoms with Crippen LogP contribution in [0.5, 0.6) is 0 Å². The van der Waals surface area contributed by atoms with Crippen LogP contribution >= 0.6 is 11.6 Å². The monoisotopic (exact) mass is 226 g/mol. The normalized spacial score (nSPS) is 9.20. The van der Waals surface area contributed by atoms with Crippen molar-refractivity contribution in [2.24, 2.45) is 0 Å². The first-order valence-corrected chi connectivity index (χ1v) is 4.27. The maximum Gasteiger partial charge on any atom is 0.294 e. The summed E-state index contributed by atoms with van der Waals surface area (Å²) in [6, 6.07) is 2.56. The smallest absolute Gasteiger partial charge is 0.294 e. The molecule has 0 spiro atoms. The van der Waals surface area contributed by atoms with Gasteiger partial charge in [0.2, 0.25) is 0 Å². The van der Waals surface area contributed by atoms with Crippen molar-refractivity contribution in [2.45, 2.75) is 0 Å². The number of halogens is 1. The molecule has 0 atom stereocenters. The van der Waals surface area contributed by atoms with Crippen LogP contribution in [-0.2, 0) is 0 Å². The molecule has 0 aliphatic carbocycles. The van der Waals surface area contributed by atoms with Gasteiger partial charge in [-0.05, 0) is 6.07 Å². The summed E-state index contributed by atoms with van der Waals surface area (Å²) < 4.78 is 0. The summed E-state index contributed by atoms with van der Waals surface area (Å²) in [5.41, 5.74) is 5.41. The molecule has 3 N–H and O–H groups in total. The van der Waals surface area contributed by atoms with Crippen molar-refractivity contribution in [1.29, 1.82) is 0 Å². The van der Waals surface area contributed by atoms with Crippen LogP contribution in [0.4, 0.5) is 11.4 Å². The molecule has 0 amide bonds. The van der Waals surface area contributed by atoms with E-state index in [4.69, 9.17) is 22.4 Å². The molecule has 0 saturated carbocycles. The van der Waals surface area contributed by atoms with Crippen molar-refractivity contribution >= 4 is 23.0 Å². The van der Waals surface area contributed by atoms with Gasteiger partial charge in [0, 0.05) is 11.1 Å². The third-order valence-electron chi connectivity index (χ3n) is 1.62. The molecule has 0 aromatic heterocycles. The number of nitro groups is 1. The van der Waals surface area contributed by atoms with E-state index in [-0.39, 0.29) is 28.6 Å². The Labute approximate surface area is 90.6 Å². The predicted octanol–water partition coefficient (Wildman–Crippen LogP) is 1.17. The van der Waals surface area contributed by atoms with E-state index in [1.165, 1.54) is 6.07 Å². The molecule has 1 aromatic carbocycles. The van der Waals surface area contributed by atoms with Crippen molar-refractivity contribution in [3.8, 4) is 11.8 Å². The van der Waals surface area contributed by atoms with Gasteiger partial charge >= 0.3 is 0 Å². The molecule has 0 bridgehead atoms. The average molecular weight is 227 g/mol. The lowest BCUT2D eigenvalue weighted by atomic mass is 10.1. The molecule has 78 valence electrons. The second kappa shape index (κ2) is 4.64. The SMILES string of the molecule is Nc1c(C#CCO)cc(Cl)cc1[N+](=O)[O-]. The van der Waals surface area contributed by atoms with Crippen LogP contribution in [0.15, 0.2) is 12.1 Å². The number of aliphatic hydroxyl groups is 1. The zero-order valence-electron chi connectivity index (χ0n) is 7.53. The standard InChI is InChI=1S/C9H7ClN2O3/c10-7-4-6(2-1-3-13)9(11)8(5-7)12(14)15/h4-5,13H,3,11H2. The summed E-state index contributed by atoms with van der Waals surface area (Å²) in [4.78, 5) is 9.94. The lowest BCUT2D eigenvalue weighted by Gasteiger charge is -2.00. The molecule has 1 rings (SSSR count). The third-order valence-corrected chi connectivity index (χ3v) is 1.84. The molecule has 0 aliphatic rings. The van der Waals surface area contributed by atoms with Gasteiger partial charge in [0.25, 0.3) is 5.69 Å². The van der Waals surface area contributed by atoms with Crippen LogP contribution in [0, 0.1) is 22.0 Å². The van der Waals surface area contributed by atoms with Crippen molar-refractivity contribution in [3.05, 3.63) is 32.8 Å². The van der Waals surface area contributed by atoms with Gasteiger partial charge in [-0.15, -0.1) is 0 Å². The van der Waals surface area contributed by atoms with Crippen molar-refractivity contribution < 1.29 is 10.0 Å². The summed E-state index contributed by atoms with van der Waals surface area (Å²) in [7, 11) is 0. The van der Waals surface area contributed by atoms with E-state index in [0.717, 1.165) is 6.07 Å². The molecule has 5 nitrogen and oxygen atoms in total. The fourth-order valence-electron chi connectivity index (χ4n) is 0.993. The predicted molar refractivity (Wildman–Crippen MR) is 56.5 cm³/mol. The van der Waals surface area contributed by atoms with E-state index in [2.05, 4.69) is 11.8 Å². The molecular weight excluding hydrogens is 220 g/mol. The Hall–Kier alpha value is -1.77. The maximum absolute atomic E-state index is 10.6. The van der Waals surface area contributed by atoms with Crippen molar-refractivity contribution in [3.63, 3.8) is 0 Å². The summed E-state index contributed by atoms with van der Waals surface area (Å²) >= 11 is 5.65. The molecular formula is C9H7ClN2O3. The zero-order chi connectivity index (χ0) is 11.4. The van der Waals surface area contributed by atoms with Crippen LogP contribution in [0.2, 0.25) is 5.02 Å². The van der Waals surface area contributed by atoms with Gasteiger partial charge < -0.3 is 10.8 Å². The minimum atomic E-state index is -0.634. The van der Waals surface area contributed by atoms with Gasteiger partial charge in [-0.1, -0.05) is 23.4 Å². The number of nitro benzene ring substituents is 1. The van der Waals surface area contributed by atoms with Crippen LogP contribution < -0.4 is 5.73 Å². The minimum Gasteiger partial charge on any atom is -0.392 e. The van der Waals surface area contributed by atoms with Gasteiger partial charge in [-0.3, -0.25) is 10.1 Å². The van der Waals surface area contributed by atoms with Gasteiger partial charge in [-0.2, -0.15) is 0 Å². The maximum atomic E-state index is 10.6. The number of nitrogens with zero attached hydrogens (tertiary/aromatic N) is 1. The summed E-state index contributed by atoms with van der Waals surface area (Å²) in [6.07, 6.45) is 0. The number of rotatable bonds is 1. The molecule has 6 heteroatoms. The van der Waals surface area contributed by atoms with Gasteiger partial charge in [0.05, 0.1) is 10.5 Å². The molecule has 0 fully saturated rings. The highest BCUT2D eigenvalue weighted by molar-refractivity contribution is 6.31. The largest absolute Gasteiger partial charge is 0.392 e. The zero-order valence-corrected chi connectivity index (χ0v) is 8.28. The van der Waals surface area contributed by atoms with Gasteiger partial charge in [-0.25, -0.2) is 0 Å². The topological polar surface area (TPSA) is 89.4 Å². The van der Waals surface area contributed by atoms with Gasteiger partial charge in [0.1, 0.15) is 12.3 Å². The second-order valence-corrected chi connectivity index (χ2v) is 3.04. The molecule has 0 saturated heterocycles. The minimum absolute atomic E-state index is 0.0506. The quantitative estimate of drug-likeness (QED) is 0.326. The van der Waals surface area contributed by atoms with Crippen LogP contribution in [0.1, 0.15) is 5.56 Å². The molecule has 0 radical (unpaired) electrons. The summed E-state index contributed by atoms with van der Waals surface area (Å²) in [6.45, 7) is -0.347. The molecule has 15 heavy (non-hydrogen) atoms. The van der Waals surface area contributed by atoms with E-state index in [1.54, 1.807) is 0 Å². The fourth-order valence-corrected chi connectivity index (χ4v) is 1.21. The number of benzene rings is 1. The molecule has 0 unspecified atom stereocenters. The van der Waals surface area contributed by atoms with E-state index in [9.17, 15) is 10.1 Å². The van der Waals surface area contributed by atoms with Gasteiger partial charge in [0.15, 0.2) is 0 Å². The molecule has 0 heterocycles. The van der Waals surface area contributed by atoms with E-state index >= 15 is 0 Å². The van der Waals surface area contributed by atoms with E-state index < -0.39 is 4.92 Å². The highest BCUT2D eigenvalue weighted by Crippen LogP contribution is 2.28. The van der Waals surface area contributed by atoms with Crippen LogP contribution in [0.3, 0.4) is 0 Å². The Kier molecular flexibility index (Phi) is 3.50. The first-order valence-electron chi connectivity index (χ1n) is 3.89. The van der Waals surface area contributed by atoms with Crippen molar-refractivity contribution in [2.75, 3.05) is 12.3 Å². The number of hydrogen-bond acceptors (Lipinski definition) is 4. The summed E-state index contributed by atoms with van der Waals surface area (Å²) in [5.74, 6) is 4.83. The van der Waals surface area contributed by atoms with Crippen molar-refractivity contribution in [1.82, 2.24) is 0 Å². The molecule has 0 aliphatic heterocycles. The third kappa shape index (κ3) is 2.59. The lowest BCUT2D eigenvalue weighted by molar-refractivity contribution is -0.383. The number of nitrogen functional groups attached to an aromatic ring is 1. The number of hydrogen-bond donors (Lipinski definition) is 2. The first kappa shape index (κ1) is 11.3. The van der Waals surface area contributed by atoms with Crippen LogP contribution in [0.25, 0.3) is 0 Å². The average Bonchev–Trinajstić information content (AvgIpc) is 2.18. The Bertz CT molecular complexity index is 462. The Morgan fingerprint density at radius 3 is 2.80 bits per heavy atom. The highest BCUT2D eigenvalue weighted by Gasteiger charge is 2.15. The molecule has 1 aromatic rings. The Morgan fingerprint density at radius 1 is 1.60 bits per heavy atom. The summed E-state index contributed by atoms with van der Waals surface area (Å²) in [5, 5.41) is 19.2.